The van der Waals surface area contributed by atoms with Gasteiger partial charge in [-0.2, -0.15) is 0 Å². The number of aliphatic hydroxyl groups excluding tert-OH is 1. The van der Waals surface area contributed by atoms with Crippen molar-refractivity contribution >= 4 is 11.7 Å². The minimum absolute atomic E-state index is 0.0372. The SMILES string of the molecule is CCC(C(=O)Nc1cc(C)on1)N(C)CC1CCN(CC(C)O)CC1. The molecule has 0 aliphatic carbocycles. The number of nitrogens with zero attached hydrogens (tertiary/aromatic N) is 3. The normalized spacial score (nSPS) is 19.1. The van der Waals surface area contributed by atoms with Crippen molar-refractivity contribution in [2.24, 2.45) is 5.92 Å². The topological polar surface area (TPSA) is 81.8 Å². The smallest absolute Gasteiger partial charge is 0.242 e. The Kier molecular flexibility index (Phi) is 7.40. The standard InChI is InChI=1S/C18H32N4O3/c1-5-16(18(24)19-17-10-14(3)25-20-17)21(4)12-15-6-8-22(9-7-15)11-13(2)23/h10,13,15-16,23H,5-9,11-12H2,1-4H3,(H,19,20,24). The molecule has 2 rings (SSSR count). The molecule has 0 bridgehead atoms. The number of nitrogens with one attached hydrogen (secondary N) is 1. The van der Waals surface area contributed by atoms with Gasteiger partial charge in [-0.15, -0.1) is 0 Å². The molecule has 7 heteroatoms. The molecular formula is C18H32N4O3. The predicted octanol–water partition coefficient (Wildman–Crippen LogP) is 1.72. The van der Waals surface area contributed by atoms with Crippen LogP contribution in [-0.4, -0.2) is 71.3 Å². The highest BCUT2D eigenvalue weighted by molar-refractivity contribution is 5.93. The van der Waals surface area contributed by atoms with Crippen LogP contribution in [0.1, 0.15) is 38.9 Å². The number of hydrogen-bond acceptors (Lipinski definition) is 6. The Labute approximate surface area is 150 Å². The average Bonchev–Trinajstić information content (AvgIpc) is 2.94. The van der Waals surface area contributed by atoms with Crippen LogP contribution in [0.5, 0.6) is 0 Å². The molecule has 1 aromatic rings. The van der Waals surface area contributed by atoms with Gasteiger partial charge in [-0.25, -0.2) is 0 Å². The largest absolute Gasteiger partial charge is 0.392 e. The second kappa shape index (κ2) is 9.31. The number of hydrogen-bond donors (Lipinski definition) is 2. The highest BCUT2D eigenvalue weighted by atomic mass is 16.5. The summed E-state index contributed by atoms with van der Waals surface area (Å²) in [6, 6.07) is 1.55. The number of carbonyl (C=O) groups is 1. The molecule has 2 heterocycles. The minimum atomic E-state index is -0.271. The first kappa shape index (κ1) is 19.9. The van der Waals surface area contributed by atoms with Crippen LogP contribution in [0.25, 0.3) is 0 Å². The highest BCUT2D eigenvalue weighted by Crippen LogP contribution is 2.20. The van der Waals surface area contributed by atoms with Crippen molar-refractivity contribution in [3.05, 3.63) is 11.8 Å². The van der Waals surface area contributed by atoms with Gasteiger partial charge in [0.05, 0.1) is 12.1 Å². The van der Waals surface area contributed by atoms with E-state index in [1.807, 2.05) is 20.9 Å². The summed E-state index contributed by atoms with van der Waals surface area (Å²) in [4.78, 5) is 17.0. The lowest BCUT2D eigenvalue weighted by Gasteiger charge is -2.36. The zero-order valence-electron chi connectivity index (χ0n) is 15.9. The molecule has 2 N–H and O–H groups in total. The summed E-state index contributed by atoms with van der Waals surface area (Å²) in [6.45, 7) is 9.36. The molecule has 25 heavy (non-hydrogen) atoms. The molecule has 1 aliphatic heterocycles. The summed E-state index contributed by atoms with van der Waals surface area (Å²) in [5.41, 5.74) is 0. The lowest BCUT2D eigenvalue weighted by Crippen LogP contribution is -2.46. The molecule has 142 valence electrons. The first-order valence-corrected chi connectivity index (χ1v) is 9.23. The van der Waals surface area contributed by atoms with Crippen molar-refractivity contribution < 1.29 is 14.4 Å². The highest BCUT2D eigenvalue weighted by Gasteiger charge is 2.26. The number of aryl methyl sites for hydroxylation is 1. The van der Waals surface area contributed by atoms with E-state index in [9.17, 15) is 9.90 Å². The van der Waals surface area contributed by atoms with E-state index >= 15 is 0 Å². The second-order valence-electron chi connectivity index (χ2n) is 7.27. The molecule has 7 nitrogen and oxygen atoms in total. The molecule has 1 aromatic heterocycles. The number of aliphatic hydroxyl groups is 1. The third kappa shape index (κ3) is 6.09. The molecule has 0 radical (unpaired) electrons. The number of amides is 1. The van der Waals surface area contributed by atoms with Crippen molar-refractivity contribution in [3.63, 3.8) is 0 Å². The average molecular weight is 352 g/mol. The van der Waals surface area contributed by atoms with E-state index in [-0.39, 0.29) is 18.1 Å². The van der Waals surface area contributed by atoms with Crippen LogP contribution >= 0.6 is 0 Å². The number of β-amino-alcohol motifs (C(OH)–C–C–N with tert-alkyl or cyclic N) is 1. The van der Waals surface area contributed by atoms with Crippen LogP contribution in [-0.2, 0) is 4.79 Å². The van der Waals surface area contributed by atoms with Gasteiger partial charge in [0.25, 0.3) is 0 Å². The predicted molar refractivity (Wildman–Crippen MR) is 97.4 cm³/mol. The Morgan fingerprint density at radius 1 is 1.52 bits per heavy atom. The fourth-order valence-corrected chi connectivity index (χ4v) is 3.59. The Bertz CT molecular complexity index is 538. The fourth-order valence-electron chi connectivity index (χ4n) is 3.59. The monoisotopic (exact) mass is 352 g/mol. The van der Waals surface area contributed by atoms with Crippen LogP contribution in [0.4, 0.5) is 5.82 Å². The van der Waals surface area contributed by atoms with E-state index in [0.29, 0.717) is 17.5 Å². The van der Waals surface area contributed by atoms with Gasteiger partial charge in [0.2, 0.25) is 5.91 Å². The van der Waals surface area contributed by atoms with Crippen molar-refractivity contribution in [2.75, 3.05) is 38.5 Å². The summed E-state index contributed by atoms with van der Waals surface area (Å²) in [5, 5.41) is 16.2. The number of likely N-dealkylation sites (N-methyl/N-ethyl adjacent to an activating group) is 1. The van der Waals surface area contributed by atoms with Crippen molar-refractivity contribution in [1.82, 2.24) is 15.0 Å². The number of carbonyl (C=O) groups excluding carboxylic acids is 1. The molecule has 1 fully saturated rings. The van der Waals surface area contributed by atoms with Gasteiger partial charge in [-0.05, 0) is 59.2 Å². The first-order valence-electron chi connectivity index (χ1n) is 9.23. The molecule has 2 unspecified atom stereocenters. The second-order valence-corrected chi connectivity index (χ2v) is 7.27. The van der Waals surface area contributed by atoms with Crippen molar-refractivity contribution in [2.45, 2.75) is 52.2 Å². The third-order valence-corrected chi connectivity index (χ3v) is 4.88. The van der Waals surface area contributed by atoms with Crippen LogP contribution in [0.2, 0.25) is 0 Å². The number of rotatable bonds is 8. The zero-order valence-corrected chi connectivity index (χ0v) is 15.9. The summed E-state index contributed by atoms with van der Waals surface area (Å²) in [7, 11) is 2.02. The molecule has 2 atom stereocenters. The number of anilines is 1. The summed E-state index contributed by atoms with van der Waals surface area (Å²) in [5.74, 6) is 1.71. The molecule has 1 aliphatic rings. The molecule has 0 spiro atoms. The quantitative estimate of drug-likeness (QED) is 0.741. The summed E-state index contributed by atoms with van der Waals surface area (Å²) >= 11 is 0. The van der Waals surface area contributed by atoms with Crippen LogP contribution in [0, 0.1) is 12.8 Å². The van der Waals surface area contributed by atoms with Crippen molar-refractivity contribution in [3.8, 4) is 0 Å². The Hall–Kier alpha value is -1.44. The maximum absolute atomic E-state index is 12.5. The third-order valence-electron chi connectivity index (χ3n) is 4.88. The molecule has 1 saturated heterocycles. The van der Waals surface area contributed by atoms with E-state index in [1.54, 1.807) is 13.0 Å². The van der Waals surface area contributed by atoms with E-state index in [0.717, 1.165) is 45.4 Å². The van der Waals surface area contributed by atoms with Gasteiger partial charge in [-0.1, -0.05) is 12.1 Å². The maximum atomic E-state index is 12.5. The summed E-state index contributed by atoms with van der Waals surface area (Å²) in [6.07, 6.45) is 2.70. The zero-order chi connectivity index (χ0) is 18.4. The molecule has 1 amide bonds. The number of likely N-dealkylation sites (tertiary alicyclic amines) is 1. The Balaban J connectivity index is 1.81. The van der Waals surface area contributed by atoms with Crippen molar-refractivity contribution in [1.29, 1.82) is 0 Å². The molecule has 0 aromatic carbocycles. The fraction of sp³-hybridized carbons (Fsp3) is 0.778. The van der Waals surface area contributed by atoms with E-state index in [4.69, 9.17) is 4.52 Å². The number of aromatic nitrogens is 1. The van der Waals surface area contributed by atoms with E-state index in [1.165, 1.54) is 0 Å². The molecular weight excluding hydrogens is 320 g/mol. The van der Waals surface area contributed by atoms with Crippen LogP contribution < -0.4 is 5.32 Å². The number of piperidine rings is 1. The maximum Gasteiger partial charge on any atom is 0.242 e. The Morgan fingerprint density at radius 2 is 2.20 bits per heavy atom. The van der Waals surface area contributed by atoms with E-state index < -0.39 is 0 Å². The van der Waals surface area contributed by atoms with Crippen LogP contribution in [0.15, 0.2) is 10.6 Å². The van der Waals surface area contributed by atoms with E-state index in [2.05, 4.69) is 20.3 Å². The van der Waals surface area contributed by atoms with Gasteiger partial charge in [0, 0.05) is 19.2 Å². The summed E-state index contributed by atoms with van der Waals surface area (Å²) < 4.78 is 5.00. The van der Waals surface area contributed by atoms with Gasteiger partial charge in [-0.3, -0.25) is 9.69 Å². The Morgan fingerprint density at radius 3 is 2.72 bits per heavy atom. The first-order chi connectivity index (χ1) is 11.9. The van der Waals surface area contributed by atoms with Gasteiger partial charge in [0.1, 0.15) is 5.76 Å². The van der Waals surface area contributed by atoms with Crippen LogP contribution in [0.3, 0.4) is 0 Å². The van der Waals surface area contributed by atoms with Gasteiger partial charge < -0.3 is 19.8 Å². The lowest BCUT2D eigenvalue weighted by molar-refractivity contribution is -0.121. The molecule has 0 saturated carbocycles. The minimum Gasteiger partial charge on any atom is -0.392 e. The van der Waals surface area contributed by atoms with Gasteiger partial charge in [0.15, 0.2) is 5.82 Å². The van der Waals surface area contributed by atoms with Gasteiger partial charge >= 0.3 is 0 Å². The lowest BCUT2D eigenvalue weighted by atomic mass is 9.95.